The van der Waals surface area contributed by atoms with Gasteiger partial charge in [-0.15, -0.1) is 0 Å². The fourth-order valence-corrected chi connectivity index (χ4v) is 1.97. The van der Waals surface area contributed by atoms with Gasteiger partial charge in [0.15, 0.2) is 0 Å². The number of carboxylic acid groups (broad SMARTS) is 1. The highest BCUT2D eigenvalue weighted by Gasteiger charge is 2.38. The van der Waals surface area contributed by atoms with E-state index in [4.69, 9.17) is 0 Å². The van der Waals surface area contributed by atoms with Gasteiger partial charge in [-0.2, -0.15) is 0 Å². The SMILES string of the molecule is CC(C)c1nccn1C(C(=O)O)C1CC1. The first-order valence-corrected chi connectivity index (χ1v) is 5.36. The Balaban J connectivity index is 2.32. The third-order valence-electron chi connectivity index (χ3n) is 2.84. The summed E-state index contributed by atoms with van der Waals surface area (Å²) in [5, 5.41) is 9.21. The predicted molar refractivity (Wildman–Crippen MR) is 55.7 cm³/mol. The van der Waals surface area contributed by atoms with Crippen molar-refractivity contribution in [2.75, 3.05) is 0 Å². The highest BCUT2D eigenvalue weighted by molar-refractivity contribution is 5.72. The van der Waals surface area contributed by atoms with Gasteiger partial charge in [-0.1, -0.05) is 13.8 Å². The molecule has 1 atom stereocenters. The number of carbonyl (C=O) groups is 1. The zero-order valence-electron chi connectivity index (χ0n) is 9.05. The lowest BCUT2D eigenvalue weighted by atomic mass is 10.1. The monoisotopic (exact) mass is 208 g/mol. The number of nitrogens with zero attached hydrogens (tertiary/aromatic N) is 2. The molecule has 0 aliphatic heterocycles. The third-order valence-corrected chi connectivity index (χ3v) is 2.84. The van der Waals surface area contributed by atoms with Gasteiger partial charge in [-0.3, -0.25) is 0 Å². The first kappa shape index (κ1) is 10.2. The van der Waals surface area contributed by atoms with Crippen LogP contribution in [0.1, 0.15) is 44.5 Å². The minimum atomic E-state index is -0.739. The third kappa shape index (κ3) is 1.89. The fourth-order valence-electron chi connectivity index (χ4n) is 1.97. The molecule has 15 heavy (non-hydrogen) atoms. The summed E-state index contributed by atoms with van der Waals surface area (Å²) in [4.78, 5) is 15.4. The summed E-state index contributed by atoms with van der Waals surface area (Å²) in [6.45, 7) is 4.06. The van der Waals surface area contributed by atoms with Crippen molar-refractivity contribution in [3.8, 4) is 0 Å². The molecule has 2 rings (SSSR count). The summed E-state index contributed by atoms with van der Waals surface area (Å²) < 4.78 is 1.82. The van der Waals surface area contributed by atoms with Gasteiger partial charge in [0.25, 0.3) is 0 Å². The van der Waals surface area contributed by atoms with Crippen LogP contribution in [0.15, 0.2) is 12.4 Å². The van der Waals surface area contributed by atoms with Crippen molar-refractivity contribution < 1.29 is 9.90 Å². The van der Waals surface area contributed by atoms with E-state index in [1.807, 2.05) is 18.4 Å². The van der Waals surface area contributed by atoms with E-state index in [0.717, 1.165) is 18.7 Å². The largest absolute Gasteiger partial charge is 0.480 e. The van der Waals surface area contributed by atoms with Crippen LogP contribution in [0.5, 0.6) is 0 Å². The molecule has 0 saturated heterocycles. The average Bonchev–Trinajstić information content (AvgIpc) is 2.82. The molecule has 1 aliphatic carbocycles. The first-order valence-electron chi connectivity index (χ1n) is 5.36. The van der Waals surface area contributed by atoms with E-state index in [2.05, 4.69) is 4.98 Å². The topological polar surface area (TPSA) is 55.1 Å². The molecule has 0 bridgehead atoms. The minimum absolute atomic E-state index is 0.264. The van der Waals surface area contributed by atoms with Crippen molar-refractivity contribution in [3.63, 3.8) is 0 Å². The predicted octanol–water partition coefficient (Wildman–Crippen LogP) is 2.04. The normalized spacial score (nSPS) is 18.1. The first-order chi connectivity index (χ1) is 7.11. The number of imidazole rings is 1. The Morgan fingerprint density at radius 3 is 2.73 bits per heavy atom. The van der Waals surface area contributed by atoms with Crippen molar-refractivity contribution in [1.82, 2.24) is 9.55 Å². The number of carboxylic acids is 1. The maximum Gasteiger partial charge on any atom is 0.327 e. The van der Waals surface area contributed by atoms with Crippen LogP contribution in [0.2, 0.25) is 0 Å². The van der Waals surface area contributed by atoms with Gasteiger partial charge in [0.1, 0.15) is 11.9 Å². The smallest absolute Gasteiger partial charge is 0.327 e. The molecule has 4 heteroatoms. The van der Waals surface area contributed by atoms with Crippen molar-refractivity contribution in [3.05, 3.63) is 18.2 Å². The Labute approximate surface area is 88.9 Å². The van der Waals surface area contributed by atoms with E-state index in [9.17, 15) is 9.90 Å². The zero-order valence-corrected chi connectivity index (χ0v) is 9.05. The standard InChI is InChI=1S/C11H16N2O2/c1-7(2)10-12-5-6-13(10)9(11(14)15)8-3-4-8/h5-9H,3-4H2,1-2H3,(H,14,15). The molecular weight excluding hydrogens is 192 g/mol. The van der Waals surface area contributed by atoms with Gasteiger partial charge in [0, 0.05) is 18.3 Å². The molecule has 1 saturated carbocycles. The molecular formula is C11H16N2O2. The Kier molecular flexibility index (Phi) is 2.50. The quantitative estimate of drug-likeness (QED) is 0.823. The lowest BCUT2D eigenvalue weighted by Gasteiger charge is -2.17. The van der Waals surface area contributed by atoms with Gasteiger partial charge < -0.3 is 9.67 Å². The number of hydrogen-bond acceptors (Lipinski definition) is 2. The molecule has 1 aromatic rings. The summed E-state index contributed by atoms with van der Waals surface area (Å²) in [5.41, 5.74) is 0. The summed E-state index contributed by atoms with van der Waals surface area (Å²) in [5.74, 6) is 0.696. The van der Waals surface area contributed by atoms with Gasteiger partial charge in [-0.05, 0) is 18.8 Å². The summed E-state index contributed by atoms with van der Waals surface area (Å²) >= 11 is 0. The minimum Gasteiger partial charge on any atom is -0.480 e. The second-order valence-corrected chi connectivity index (χ2v) is 4.47. The van der Waals surface area contributed by atoms with Crippen molar-refractivity contribution in [2.45, 2.75) is 38.6 Å². The summed E-state index contributed by atoms with van der Waals surface area (Å²) in [7, 11) is 0. The summed E-state index contributed by atoms with van der Waals surface area (Å²) in [6, 6.07) is -0.412. The Morgan fingerprint density at radius 1 is 1.60 bits per heavy atom. The molecule has 0 spiro atoms. The second-order valence-electron chi connectivity index (χ2n) is 4.47. The Bertz CT molecular complexity index is 366. The van der Waals surface area contributed by atoms with Crippen molar-refractivity contribution >= 4 is 5.97 Å². The maximum absolute atomic E-state index is 11.2. The fraction of sp³-hybridized carbons (Fsp3) is 0.636. The van der Waals surface area contributed by atoms with Crippen LogP contribution < -0.4 is 0 Å². The lowest BCUT2D eigenvalue weighted by Crippen LogP contribution is -2.22. The van der Waals surface area contributed by atoms with Gasteiger partial charge in [0.05, 0.1) is 0 Å². The van der Waals surface area contributed by atoms with Crippen LogP contribution in [0.4, 0.5) is 0 Å². The number of rotatable bonds is 4. The van der Waals surface area contributed by atoms with Crippen LogP contribution in [0.25, 0.3) is 0 Å². The van der Waals surface area contributed by atoms with Crippen LogP contribution in [0.3, 0.4) is 0 Å². The molecule has 4 nitrogen and oxygen atoms in total. The molecule has 1 aromatic heterocycles. The molecule has 1 unspecified atom stereocenters. The van der Waals surface area contributed by atoms with Crippen molar-refractivity contribution in [2.24, 2.45) is 5.92 Å². The van der Waals surface area contributed by atoms with E-state index in [1.165, 1.54) is 0 Å². The molecule has 1 aliphatic rings. The van der Waals surface area contributed by atoms with E-state index >= 15 is 0 Å². The second kappa shape index (κ2) is 3.68. The zero-order chi connectivity index (χ0) is 11.0. The molecule has 0 amide bonds. The average molecular weight is 208 g/mol. The maximum atomic E-state index is 11.2. The van der Waals surface area contributed by atoms with Crippen LogP contribution in [-0.4, -0.2) is 20.6 Å². The van der Waals surface area contributed by atoms with Crippen LogP contribution in [0, 0.1) is 5.92 Å². The number of hydrogen-bond donors (Lipinski definition) is 1. The molecule has 1 fully saturated rings. The number of aliphatic carboxylic acids is 1. The molecule has 1 N–H and O–H groups in total. The van der Waals surface area contributed by atoms with E-state index < -0.39 is 12.0 Å². The van der Waals surface area contributed by atoms with Crippen molar-refractivity contribution in [1.29, 1.82) is 0 Å². The highest BCUT2D eigenvalue weighted by Crippen LogP contribution is 2.40. The van der Waals surface area contributed by atoms with E-state index in [-0.39, 0.29) is 5.92 Å². The van der Waals surface area contributed by atoms with Gasteiger partial charge in [-0.25, -0.2) is 9.78 Å². The van der Waals surface area contributed by atoms with E-state index in [0.29, 0.717) is 5.92 Å². The van der Waals surface area contributed by atoms with E-state index in [1.54, 1.807) is 12.4 Å². The molecule has 0 aromatic carbocycles. The number of aromatic nitrogens is 2. The molecule has 0 radical (unpaired) electrons. The molecule has 82 valence electrons. The summed E-state index contributed by atoms with van der Waals surface area (Å²) in [6.07, 6.45) is 5.51. The Hall–Kier alpha value is -1.32. The molecule has 1 heterocycles. The highest BCUT2D eigenvalue weighted by atomic mass is 16.4. The van der Waals surface area contributed by atoms with Gasteiger partial charge >= 0.3 is 5.97 Å². The Morgan fingerprint density at radius 2 is 2.27 bits per heavy atom. The van der Waals surface area contributed by atoms with Gasteiger partial charge in [0.2, 0.25) is 0 Å². The van der Waals surface area contributed by atoms with Crippen LogP contribution in [-0.2, 0) is 4.79 Å². The van der Waals surface area contributed by atoms with Crippen LogP contribution >= 0.6 is 0 Å². The lowest BCUT2D eigenvalue weighted by molar-refractivity contribution is -0.141.